The predicted molar refractivity (Wildman–Crippen MR) is 74.8 cm³/mol. The second-order valence-corrected chi connectivity index (χ2v) is 4.52. The summed E-state index contributed by atoms with van der Waals surface area (Å²) in [6.45, 7) is 0. The highest BCUT2D eigenvalue weighted by Crippen LogP contribution is 2.32. The van der Waals surface area contributed by atoms with Gasteiger partial charge < -0.3 is 4.74 Å². The van der Waals surface area contributed by atoms with Crippen LogP contribution in [-0.4, -0.2) is 10.2 Å². The van der Waals surface area contributed by atoms with Crippen LogP contribution >= 0.6 is 23.2 Å². The molecule has 2 aromatic rings. The van der Waals surface area contributed by atoms with Crippen LogP contribution in [0.3, 0.4) is 0 Å². The Hall–Kier alpha value is -2.11. The topological polar surface area (TPSA) is 69.4 Å². The summed E-state index contributed by atoms with van der Waals surface area (Å²) in [5, 5.41) is 10.1. The maximum absolute atomic E-state index is 10.9. The SMILES string of the molecule is O=C(Cl)c1ccc(Oc2ccc([N+](=O)[O-])cc2Cl)cc1. The van der Waals surface area contributed by atoms with E-state index in [2.05, 4.69) is 0 Å². The number of hydrogen-bond acceptors (Lipinski definition) is 4. The van der Waals surface area contributed by atoms with Crippen LogP contribution < -0.4 is 4.74 Å². The van der Waals surface area contributed by atoms with Gasteiger partial charge in [0.2, 0.25) is 0 Å². The first kappa shape index (κ1) is 14.3. The molecule has 7 heteroatoms. The molecule has 20 heavy (non-hydrogen) atoms. The second kappa shape index (κ2) is 5.90. The van der Waals surface area contributed by atoms with Crippen molar-refractivity contribution in [1.82, 2.24) is 0 Å². The van der Waals surface area contributed by atoms with Crippen molar-refractivity contribution >= 4 is 34.1 Å². The van der Waals surface area contributed by atoms with E-state index in [1.54, 1.807) is 12.1 Å². The van der Waals surface area contributed by atoms with E-state index in [0.29, 0.717) is 11.3 Å². The van der Waals surface area contributed by atoms with E-state index in [1.165, 1.54) is 30.3 Å². The second-order valence-electron chi connectivity index (χ2n) is 3.77. The Morgan fingerprint density at radius 2 is 1.80 bits per heavy atom. The number of rotatable bonds is 4. The minimum Gasteiger partial charge on any atom is -0.456 e. The van der Waals surface area contributed by atoms with E-state index >= 15 is 0 Å². The molecule has 2 rings (SSSR count). The molecule has 2 aromatic carbocycles. The summed E-state index contributed by atoms with van der Waals surface area (Å²) < 4.78 is 5.47. The van der Waals surface area contributed by atoms with Crippen LogP contribution in [0.4, 0.5) is 5.69 Å². The maximum Gasteiger partial charge on any atom is 0.271 e. The molecule has 0 unspecified atom stereocenters. The largest absolute Gasteiger partial charge is 0.456 e. The van der Waals surface area contributed by atoms with E-state index in [4.69, 9.17) is 27.9 Å². The van der Waals surface area contributed by atoms with Gasteiger partial charge in [-0.1, -0.05) is 11.6 Å². The minimum absolute atomic E-state index is 0.120. The predicted octanol–water partition coefficient (Wildman–Crippen LogP) is 4.42. The molecular weight excluding hydrogens is 305 g/mol. The molecular formula is C13H7Cl2NO4. The van der Waals surface area contributed by atoms with Crippen LogP contribution in [0.15, 0.2) is 42.5 Å². The zero-order chi connectivity index (χ0) is 14.7. The summed E-state index contributed by atoms with van der Waals surface area (Å²) in [4.78, 5) is 21.0. The molecule has 0 aromatic heterocycles. The third-order valence-electron chi connectivity index (χ3n) is 2.44. The lowest BCUT2D eigenvalue weighted by molar-refractivity contribution is -0.384. The van der Waals surface area contributed by atoms with Gasteiger partial charge in [0, 0.05) is 17.7 Å². The first-order chi connectivity index (χ1) is 9.47. The minimum atomic E-state index is -0.565. The van der Waals surface area contributed by atoms with Crippen molar-refractivity contribution in [1.29, 1.82) is 0 Å². The number of nitro groups is 1. The first-order valence-corrected chi connectivity index (χ1v) is 6.14. The number of ether oxygens (including phenoxy) is 1. The van der Waals surface area contributed by atoms with Crippen molar-refractivity contribution in [2.45, 2.75) is 0 Å². The molecule has 0 aliphatic rings. The van der Waals surface area contributed by atoms with Gasteiger partial charge in [-0.05, 0) is 41.9 Å². The Morgan fingerprint density at radius 1 is 1.15 bits per heavy atom. The highest BCUT2D eigenvalue weighted by Gasteiger charge is 2.11. The lowest BCUT2D eigenvalue weighted by Crippen LogP contribution is -1.91. The number of halogens is 2. The summed E-state index contributed by atoms with van der Waals surface area (Å²) in [7, 11) is 0. The van der Waals surface area contributed by atoms with Crippen molar-refractivity contribution in [3.05, 3.63) is 63.2 Å². The van der Waals surface area contributed by atoms with Crippen molar-refractivity contribution in [2.24, 2.45) is 0 Å². The van der Waals surface area contributed by atoms with Crippen LogP contribution in [0.1, 0.15) is 10.4 Å². The molecule has 0 fully saturated rings. The van der Waals surface area contributed by atoms with Gasteiger partial charge in [0.15, 0.2) is 0 Å². The van der Waals surface area contributed by atoms with Gasteiger partial charge in [-0.2, -0.15) is 0 Å². The maximum atomic E-state index is 10.9. The van der Waals surface area contributed by atoms with Crippen molar-refractivity contribution in [3.63, 3.8) is 0 Å². The number of hydrogen-bond donors (Lipinski definition) is 0. The molecule has 5 nitrogen and oxygen atoms in total. The van der Waals surface area contributed by atoms with Crippen molar-refractivity contribution in [2.75, 3.05) is 0 Å². The molecule has 0 bridgehead atoms. The van der Waals surface area contributed by atoms with Crippen molar-refractivity contribution in [3.8, 4) is 11.5 Å². The van der Waals surface area contributed by atoms with Gasteiger partial charge >= 0.3 is 0 Å². The third kappa shape index (κ3) is 3.26. The number of carbonyl (C=O) groups is 1. The van der Waals surface area contributed by atoms with Crippen LogP contribution in [0, 0.1) is 10.1 Å². The van der Waals surface area contributed by atoms with Gasteiger partial charge in [0.1, 0.15) is 11.5 Å². The van der Waals surface area contributed by atoms with E-state index in [0.717, 1.165) is 0 Å². The average Bonchev–Trinajstić information content (AvgIpc) is 2.41. The number of carbonyl (C=O) groups excluding carboxylic acids is 1. The fourth-order valence-electron chi connectivity index (χ4n) is 1.47. The third-order valence-corrected chi connectivity index (χ3v) is 2.95. The molecule has 0 saturated carbocycles. The smallest absolute Gasteiger partial charge is 0.271 e. The van der Waals surface area contributed by atoms with Crippen LogP contribution in [0.2, 0.25) is 5.02 Å². The summed E-state index contributed by atoms with van der Waals surface area (Å²) in [5.41, 5.74) is 0.222. The van der Waals surface area contributed by atoms with Crippen molar-refractivity contribution < 1.29 is 14.5 Å². The fourth-order valence-corrected chi connectivity index (χ4v) is 1.81. The molecule has 0 amide bonds. The highest BCUT2D eigenvalue weighted by atomic mass is 35.5. The number of non-ortho nitro benzene ring substituents is 1. The van der Waals surface area contributed by atoms with Gasteiger partial charge in [0.25, 0.3) is 10.9 Å². The lowest BCUT2D eigenvalue weighted by atomic mass is 10.2. The lowest BCUT2D eigenvalue weighted by Gasteiger charge is -2.07. The number of nitro benzene ring substituents is 1. The zero-order valence-corrected chi connectivity index (χ0v) is 11.4. The van der Waals surface area contributed by atoms with Gasteiger partial charge in [-0.15, -0.1) is 0 Å². The zero-order valence-electron chi connectivity index (χ0n) is 9.88. The van der Waals surface area contributed by atoms with Gasteiger partial charge in [-0.25, -0.2) is 0 Å². The summed E-state index contributed by atoms with van der Waals surface area (Å²) >= 11 is 11.2. The fraction of sp³-hybridized carbons (Fsp3) is 0. The molecule has 0 aliphatic heterocycles. The Morgan fingerprint density at radius 3 is 2.30 bits per heavy atom. The van der Waals surface area contributed by atoms with E-state index in [-0.39, 0.29) is 16.5 Å². The monoisotopic (exact) mass is 311 g/mol. The molecule has 102 valence electrons. The number of benzene rings is 2. The Labute approximate surface area is 123 Å². The van der Waals surface area contributed by atoms with Gasteiger partial charge in [-0.3, -0.25) is 14.9 Å². The Balaban J connectivity index is 2.21. The molecule has 0 N–H and O–H groups in total. The van der Waals surface area contributed by atoms with E-state index < -0.39 is 10.2 Å². The molecule has 0 saturated heterocycles. The van der Waals surface area contributed by atoms with E-state index in [1.807, 2.05) is 0 Å². The Kier molecular flexibility index (Phi) is 4.22. The Bertz CT molecular complexity index is 671. The van der Waals surface area contributed by atoms with Crippen LogP contribution in [0.25, 0.3) is 0 Å². The first-order valence-electron chi connectivity index (χ1n) is 5.39. The average molecular weight is 312 g/mol. The molecule has 0 heterocycles. The summed E-state index contributed by atoms with van der Waals surface area (Å²) in [5.74, 6) is 0.713. The standard InChI is InChI=1S/C13H7Cl2NO4/c14-11-7-9(16(18)19)3-6-12(11)20-10-4-1-8(2-5-10)13(15)17/h1-7H. The quantitative estimate of drug-likeness (QED) is 0.476. The molecule has 0 atom stereocenters. The van der Waals surface area contributed by atoms with Gasteiger partial charge in [0.05, 0.1) is 9.95 Å². The summed E-state index contributed by atoms with van der Waals surface area (Å²) in [6, 6.07) is 10.0. The van der Waals surface area contributed by atoms with Crippen LogP contribution in [-0.2, 0) is 0 Å². The molecule has 0 spiro atoms. The van der Waals surface area contributed by atoms with Crippen LogP contribution in [0.5, 0.6) is 11.5 Å². The number of nitrogens with zero attached hydrogens (tertiary/aromatic N) is 1. The highest BCUT2D eigenvalue weighted by molar-refractivity contribution is 6.67. The van der Waals surface area contributed by atoms with E-state index in [9.17, 15) is 14.9 Å². The molecule has 0 radical (unpaired) electrons. The summed E-state index contributed by atoms with van der Waals surface area (Å²) in [6.07, 6.45) is 0. The molecule has 0 aliphatic carbocycles. The normalized spacial score (nSPS) is 10.1.